The number of rotatable bonds is 4. The highest BCUT2D eigenvalue weighted by atomic mass is 35.5. The van der Waals surface area contributed by atoms with Crippen molar-refractivity contribution >= 4 is 23.3 Å². The Morgan fingerprint density at radius 1 is 1.12 bits per heavy atom. The van der Waals surface area contributed by atoms with E-state index in [1.807, 2.05) is 24.3 Å². The van der Waals surface area contributed by atoms with Crippen LogP contribution >= 0.6 is 11.6 Å². The molecule has 1 atom stereocenters. The molecule has 1 aliphatic carbocycles. The number of phenolic OH excluding ortho intramolecular Hbond substituents is 1. The lowest BCUT2D eigenvalue weighted by molar-refractivity contribution is 0.242. The largest absolute Gasteiger partial charge is 0.508 e. The second kappa shape index (κ2) is 7.58. The number of aromatic hydroxyl groups is 1. The molecule has 0 unspecified atom stereocenters. The summed E-state index contributed by atoms with van der Waals surface area (Å²) in [6, 6.07) is 13.8. The maximum atomic E-state index is 12.4. The first-order chi connectivity index (χ1) is 11.6. The van der Waals surface area contributed by atoms with Gasteiger partial charge in [-0.25, -0.2) is 4.79 Å². The van der Waals surface area contributed by atoms with Crippen LogP contribution in [-0.4, -0.2) is 11.1 Å². The Balaban J connectivity index is 1.75. The van der Waals surface area contributed by atoms with Crippen LogP contribution < -0.4 is 10.6 Å². The van der Waals surface area contributed by atoms with Gasteiger partial charge < -0.3 is 15.7 Å². The van der Waals surface area contributed by atoms with Gasteiger partial charge in [0, 0.05) is 16.8 Å². The fraction of sp³-hybridized carbons (Fsp3) is 0.316. The molecule has 0 radical (unpaired) electrons. The van der Waals surface area contributed by atoms with E-state index in [4.69, 9.17) is 11.6 Å². The zero-order chi connectivity index (χ0) is 16.9. The Hall–Kier alpha value is -2.20. The number of carbonyl (C=O) groups is 1. The molecule has 2 amide bonds. The van der Waals surface area contributed by atoms with Crippen LogP contribution in [0.1, 0.15) is 37.3 Å². The monoisotopic (exact) mass is 344 g/mol. The molecule has 1 saturated carbocycles. The van der Waals surface area contributed by atoms with Crippen molar-refractivity contribution in [1.82, 2.24) is 5.32 Å². The smallest absolute Gasteiger partial charge is 0.319 e. The zero-order valence-corrected chi connectivity index (χ0v) is 14.1. The zero-order valence-electron chi connectivity index (χ0n) is 13.3. The van der Waals surface area contributed by atoms with Gasteiger partial charge in [-0.3, -0.25) is 0 Å². The Morgan fingerprint density at radius 3 is 2.58 bits per heavy atom. The second-order valence-electron chi connectivity index (χ2n) is 6.23. The first-order valence-corrected chi connectivity index (χ1v) is 8.61. The van der Waals surface area contributed by atoms with Crippen LogP contribution in [0.3, 0.4) is 0 Å². The van der Waals surface area contributed by atoms with Crippen LogP contribution in [-0.2, 0) is 0 Å². The average Bonchev–Trinajstić information content (AvgIpc) is 3.07. The highest BCUT2D eigenvalue weighted by Gasteiger charge is 2.28. The van der Waals surface area contributed by atoms with Gasteiger partial charge in [-0.1, -0.05) is 42.6 Å². The molecule has 5 heteroatoms. The normalized spacial score (nSPS) is 15.9. The summed E-state index contributed by atoms with van der Waals surface area (Å²) in [5.41, 5.74) is 1.59. The third-order valence-electron chi connectivity index (χ3n) is 4.47. The van der Waals surface area contributed by atoms with E-state index in [9.17, 15) is 9.90 Å². The summed E-state index contributed by atoms with van der Waals surface area (Å²) in [5, 5.41) is 16.0. The molecular weight excluding hydrogens is 324 g/mol. The fourth-order valence-electron chi connectivity index (χ4n) is 3.36. The first kappa shape index (κ1) is 16.7. The van der Waals surface area contributed by atoms with Crippen LogP contribution in [0.15, 0.2) is 48.5 Å². The Morgan fingerprint density at radius 2 is 1.88 bits per heavy atom. The molecule has 2 aromatic rings. The third kappa shape index (κ3) is 4.20. The van der Waals surface area contributed by atoms with Crippen LogP contribution in [0.5, 0.6) is 5.75 Å². The molecule has 0 aromatic heterocycles. The molecule has 0 bridgehead atoms. The first-order valence-electron chi connectivity index (χ1n) is 8.24. The van der Waals surface area contributed by atoms with Crippen molar-refractivity contribution in [2.24, 2.45) is 5.92 Å². The predicted octanol–water partition coefficient (Wildman–Crippen LogP) is 5.10. The van der Waals surface area contributed by atoms with Crippen molar-refractivity contribution in [3.63, 3.8) is 0 Å². The maximum absolute atomic E-state index is 12.4. The number of carbonyl (C=O) groups excluding carboxylic acids is 1. The molecule has 4 nitrogen and oxygen atoms in total. The standard InChI is InChI=1S/C19H21ClN2O2/c20-15-8-3-7-14(11-15)18(13-5-1-2-6-13)22-19(24)21-16-9-4-10-17(23)12-16/h3-4,7-13,18,23H,1-2,5-6H2,(H2,21,22,24)/t18-/m1/s1. The molecule has 3 rings (SSSR count). The van der Waals surface area contributed by atoms with E-state index in [-0.39, 0.29) is 17.8 Å². The Kier molecular flexibility index (Phi) is 5.26. The molecule has 2 aromatic carbocycles. The van der Waals surface area contributed by atoms with Gasteiger partial charge in [-0.05, 0) is 48.6 Å². The molecule has 1 aliphatic rings. The van der Waals surface area contributed by atoms with Gasteiger partial charge in [0.25, 0.3) is 0 Å². The summed E-state index contributed by atoms with van der Waals surface area (Å²) >= 11 is 6.12. The van der Waals surface area contributed by atoms with Gasteiger partial charge >= 0.3 is 6.03 Å². The average molecular weight is 345 g/mol. The number of nitrogens with one attached hydrogen (secondary N) is 2. The second-order valence-corrected chi connectivity index (χ2v) is 6.66. The topological polar surface area (TPSA) is 61.4 Å². The van der Waals surface area contributed by atoms with Gasteiger partial charge in [-0.2, -0.15) is 0 Å². The van der Waals surface area contributed by atoms with Crippen molar-refractivity contribution in [1.29, 1.82) is 0 Å². The summed E-state index contributed by atoms with van der Waals surface area (Å²) in [4.78, 5) is 12.4. The van der Waals surface area contributed by atoms with Crippen molar-refractivity contribution < 1.29 is 9.90 Å². The summed E-state index contributed by atoms with van der Waals surface area (Å²) < 4.78 is 0. The number of anilines is 1. The summed E-state index contributed by atoms with van der Waals surface area (Å²) in [6.07, 6.45) is 4.59. The molecule has 1 fully saturated rings. The number of benzene rings is 2. The third-order valence-corrected chi connectivity index (χ3v) is 4.70. The van der Waals surface area contributed by atoms with Crippen molar-refractivity contribution in [3.8, 4) is 5.75 Å². The molecule has 24 heavy (non-hydrogen) atoms. The minimum atomic E-state index is -0.280. The Bertz CT molecular complexity index is 714. The van der Waals surface area contributed by atoms with Crippen LogP contribution in [0.25, 0.3) is 0 Å². The number of hydrogen-bond donors (Lipinski definition) is 3. The number of hydrogen-bond acceptors (Lipinski definition) is 2. The summed E-state index contributed by atoms with van der Waals surface area (Å²) in [7, 11) is 0. The lowest BCUT2D eigenvalue weighted by atomic mass is 9.92. The predicted molar refractivity (Wildman–Crippen MR) is 96.4 cm³/mol. The highest BCUT2D eigenvalue weighted by Crippen LogP contribution is 2.36. The number of phenols is 1. The molecule has 0 heterocycles. The van der Waals surface area contributed by atoms with Gasteiger partial charge in [-0.15, -0.1) is 0 Å². The molecule has 0 spiro atoms. The van der Waals surface area contributed by atoms with E-state index in [0.29, 0.717) is 16.6 Å². The van der Waals surface area contributed by atoms with Gasteiger partial charge in [0.05, 0.1) is 6.04 Å². The number of halogens is 1. The molecule has 0 aliphatic heterocycles. The van der Waals surface area contributed by atoms with E-state index < -0.39 is 0 Å². The van der Waals surface area contributed by atoms with Gasteiger partial charge in [0.15, 0.2) is 0 Å². The number of amides is 2. The summed E-state index contributed by atoms with van der Waals surface area (Å²) in [5.74, 6) is 0.536. The van der Waals surface area contributed by atoms with Crippen LogP contribution in [0.2, 0.25) is 5.02 Å². The molecule has 3 N–H and O–H groups in total. The molecule has 126 valence electrons. The lowest BCUT2D eigenvalue weighted by Gasteiger charge is -2.25. The van der Waals surface area contributed by atoms with E-state index in [1.165, 1.54) is 18.9 Å². The van der Waals surface area contributed by atoms with Crippen molar-refractivity contribution in [3.05, 3.63) is 59.1 Å². The minimum absolute atomic E-state index is 0.0662. The van der Waals surface area contributed by atoms with E-state index in [0.717, 1.165) is 18.4 Å². The fourth-order valence-corrected chi connectivity index (χ4v) is 3.55. The summed E-state index contributed by atoms with van der Waals surface area (Å²) in [6.45, 7) is 0. The van der Waals surface area contributed by atoms with Gasteiger partial charge in [0.1, 0.15) is 5.75 Å². The SMILES string of the molecule is O=C(Nc1cccc(O)c1)N[C@@H](c1cccc(Cl)c1)C1CCCC1. The van der Waals surface area contributed by atoms with Crippen LogP contribution in [0.4, 0.5) is 10.5 Å². The van der Waals surface area contributed by atoms with E-state index in [1.54, 1.807) is 18.2 Å². The molecular formula is C19H21ClN2O2. The maximum Gasteiger partial charge on any atom is 0.319 e. The lowest BCUT2D eigenvalue weighted by Crippen LogP contribution is -2.35. The quantitative estimate of drug-likeness (QED) is 0.722. The minimum Gasteiger partial charge on any atom is -0.508 e. The van der Waals surface area contributed by atoms with Crippen molar-refractivity contribution in [2.45, 2.75) is 31.7 Å². The Labute approximate surface area is 146 Å². The van der Waals surface area contributed by atoms with Crippen molar-refractivity contribution in [2.75, 3.05) is 5.32 Å². The number of urea groups is 1. The highest BCUT2D eigenvalue weighted by molar-refractivity contribution is 6.30. The van der Waals surface area contributed by atoms with E-state index in [2.05, 4.69) is 10.6 Å². The molecule has 0 saturated heterocycles. The van der Waals surface area contributed by atoms with Crippen LogP contribution in [0, 0.1) is 5.92 Å². The van der Waals surface area contributed by atoms with Gasteiger partial charge in [0.2, 0.25) is 0 Å². The van der Waals surface area contributed by atoms with E-state index >= 15 is 0 Å².